The van der Waals surface area contributed by atoms with Crippen LogP contribution in [0, 0.1) is 5.82 Å². The van der Waals surface area contributed by atoms with E-state index in [-0.39, 0.29) is 24.5 Å². The van der Waals surface area contributed by atoms with Gasteiger partial charge in [0.2, 0.25) is 0 Å². The van der Waals surface area contributed by atoms with Crippen LogP contribution in [-0.2, 0) is 17.9 Å². The molecule has 0 aliphatic carbocycles. The Balaban J connectivity index is 1.85. The van der Waals surface area contributed by atoms with Crippen molar-refractivity contribution >= 4 is 16.7 Å². The molecular weight excluding hydrogens is 313 g/mol. The van der Waals surface area contributed by atoms with Crippen LogP contribution in [0.4, 0.5) is 4.39 Å². The summed E-state index contributed by atoms with van der Waals surface area (Å²) in [4.78, 5) is 23.0. The second kappa shape index (κ2) is 6.54. The minimum Gasteiger partial charge on any atom is -0.489 e. The van der Waals surface area contributed by atoms with E-state index in [9.17, 15) is 14.0 Å². The summed E-state index contributed by atoms with van der Waals surface area (Å²) < 4.78 is 20.3. The van der Waals surface area contributed by atoms with Gasteiger partial charge in [-0.05, 0) is 35.7 Å². The van der Waals surface area contributed by atoms with Gasteiger partial charge in [0, 0.05) is 17.1 Å². The van der Waals surface area contributed by atoms with Gasteiger partial charge in [-0.1, -0.05) is 18.2 Å². The number of ether oxygens (including phenoxy) is 1. The molecule has 0 fully saturated rings. The summed E-state index contributed by atoms with van der Waals surface area (Å²) in [6.07, 6.45) is 1.43. The summed E-state index contributed by atoms with van der Waals surface area (Å²) in [5, 5.41) is 9.83. The largest absolute Gasteiger partial charge is 0.489 e. The van der Waals surface area contributed by atoms with Crippen molar-refractivity contribution < 1.29 is 19.0 Å². The van der Waals surface area contributed by atoms with Crippen molar-refractivity contribution in [2.75, 3.05) is 0 Å². The number of aliphatic carboxylic acids is 1. The molecule has 122 valence electrons. The van der Waals surface area contributed by atoms with E-state index in [4.69, 9.17) is 9.84 Å². The number of fused-ring (bicyclic) bond motifs is 1. The molecule has 0 saturated carbocycles. The van der Waals surface area contributed by atoms with Crippen LogP contribution in [-0.4, -0.2) is 15.6 Å². The van der Waals surface area contributed by atoms with Crippen LogP contribution < -0.4 is 10.3 Å². The lowest BCUT2D eigenvalue weighted by atomic mass is 10.1. The molecule has 0 bridgehead atoms. The van der Waals surface area contributed by atoms with Crippen molar-refractivity contribution in [1.82, 2.24) is 4.57 Å². The topological polar surface area (TPSA) is 68.5 Å². The number of carbonyl (C=O) groups is 1. The van der Waals surface area contributed by atoms with Crippen molar-refractivity contribution in [3.63, 3.8) is 0 Å². The van der Waals surface area contributed by atoms with Gasteiger partial charge < -0.3 is 14.4 Å². The number of hydrogen-bond donors (Lipinski definition) is 1. The first-order chi connectivity index (χ1) is 11.5. The van der Waals surface area contributed by atoms with E-state index >= 15 is 0 Å². The highest BCUT2D eigenvalue weighted by Gasteiger charge is 2.07. The van der Waals surface area contributed by atoms with Crippen LogP contribution in [0.15, 0.2) is 59.5 Å². The molecule has 0 unspecified atom stereocenters. The summed E-state index contributed by atoms with van der Waals surface area (Å²) in [5.41, 5.74) is 0.0602. The number of carboxylic acid groups (broad SMARTS) is 1. The Morgan fingerprint density at radius 2 is 1.96 bits per heavy atom. The van der Waals surface area contributed by atoms with Gasteiger partial charge in [-0.15, -0.1) is 0 Å². The zero-order valence-corrected chi connectivity index (χ0v) is 12.6. The molecule has 6 heteroatoms. The predicted octanol–water partition coefficient (Wildman–Crippen LogP) is 2.80. The Labute approximate surface area is 136 Å². The second-order valence-corrected chi connectivity index (χ2v) is 5.27. The molecular formula is C18H14FNO4. The van der Waals surface area contributed by atoms with E-state index in [1.807, 2.05) is 0 Å². The van der Waals surface area contributed by atoms with E-state index in [1.54, 1.807) is 42.5 Å². The monoisotopic (exact) mass is 327 g/mol. The minimum absolute atomic E-state index is 0.0776. The van der Waals surface area contributed by atoms with Gasteiger partial charge in [0.25, 0.3) is 5.56 Å². The van der Waals surface area contributed by atoms with Crippen molar-refractivity contribution in [2.45, 2.75) is 13.2 Å². The highest BCUT2D eigenvalue weighted by Crippen LogP contribution is 2.20. The van der Waals surface area contributed by atoms with Crippen LogP contribution >= 0.6 is 0 Å². The van der Waals surface area contributed by atoms with Gasteiger partial charge in [-0.2, -0.15) is 0 Å². The normalized spacial score (nSPS) is 10.7. The molecule has 0 aliphatic rings. The molecule has 1 aromatic heterocycles. The number of carboxylic acids is 1. The van der Waals surface area contributed by atoms with Crippen molar-refractivity contribution in [3.05, 3.63) is 76.5 Å². The summed E-state index contributed by atoms with van der Waals surface area (Å²) in [6.45, 7) is -0.311. The van der Waals surface area contributed by atoms with Gasteiger partial charge >= 0.3 is 5.97 Å². The first-order valence-electron chi connectivity index (χ1n) is 7.26. The fourth-order valence-corrected chi connectivity index (χ4v) is 2.40. The molecule has 3 aromatic rings. The SMILES string of the molecule is O=C(O)Cn1ccc2cc(OCc3ccccc3F)ccc2c1=O. The lowest BCUT2D eigenvalue weighted by Crippen LogP contribution is -2.23. The Morgan fingerprint density at radius 3 is 2.71 bits per heavy atom. The van der Waals surface area contributed by atoms with Crippen LogP contribution in [0.5, 0.6) is 5.75 Å². The molecule has 24 heavy (non-hydrogen) atoms. The van der Waals surface area contributed by atoms with Crippen molar-refractivity contribution in [3.8, 4) is 5.75 Å². The summed E-state index contributed by atoms with van der Waals surface area (Å²) in [7, 11) is 0. The number of pyridine rings is 1. The molecule has 1 N–H and O–H groups in total. The van der Waals surface area contributed by atoms with Gasteiger partial charge in [-0.25, -0.2) is 4.39 Å². The first kappa shape index (κ1) is 15.7. The maximum absolute atomic E-state index is 13.6. The van der Waals surface area contributed by atoms with Gasteiger partial charge in [0.15, 0.2) is 0 Å². The van der Waals surface area contributed by atoms with Crippen LogP contribution in [0.2, 0.25) is 0 Å². The molecule has 0 radical (unpaired) electrons. The summed E-state index contributed by atoms with van der Waals surface area (Å²) in [6, 6.07) is 12.8. The van der Waals surface area contributed by atoms with Gasteiger partial charge in [0.1, 0.15) is 24.7 Å². The van der Waals surface area contributed by atoms with Crippen molar-refractivity contribution in [1.29, 1.82) is 0 Å². The standard InChI is InChI=1S/C18H14FNO4/c19-16-4-2-1-3-13(16)11-24-14-5-6-15-12(9-14)7-8-20(18(15)23)10-17(21)22/h1-9H,10-11H2,(H,21,22). The molecule has 0 atom stereocenters. The molecule has 0 aliphatic heterocycles. The average Bonchev–Trinajstić information content (AvgIpc) is 2.56. The molecule has 2 aromatic carbocycles. The van der Waals surface area contributed by atoms with E-state index in [0.717, 1.165) is 4.57 Å². The van der Waals surface area contributed by atoms with E-state index in [1.165, 1.54) is 12.3 Å². The fraction of sp³-hybridized carbons (Fsp3) is 0.111. The van der Waals surface area contributed by atoms with Crippen molar-refractivity contribution in [2.24, 2.45) is 0 Å². The van der Waals surface area contributed by atoms with E-state index in [0.29, 0.717) is 22.1 Å². The number of halogens is 1. The maximum Gasteiger partial charge on any atom is 0.323 e. The minimum atomic E-state index is -1.08. The zero-order valence-electron chi connectivity index (χ0n) is 12.6. The van der Waals surface area contributed by atoms with Crippen LogP contribution in [0.3, 0.4) is 0 Å². The molecule has 3 rings (SSSR count). The summed E-state index contributed by atoms with van der Waals surface area (Å²) >= 11 is 0. The smallest absolute Gasteiger partial charge is 0.323 e. The third kappa shape index (κ3) is 3.27. The van der Waals surface area contributed by atoms with Gasteiger partial charge in [-0.3, -0.25) is 9.59 Å². The highest BCUT2D eigenvalue weighted by atomic mass is 19.1. The lowest BCUT2D eigenvalue weighted by molar-refractivity contribution is -0.137. The van der Waals surface area contributed by atoms with E-state index in [2.05, 4.69) is 0 Å². The second-order valence-electron chi connectivity index (χ2n) is 5.27. The van der Waals surface area contributed by atoms with E-state index < -0.39 is 5.97 Å². The number of aromatic nitrogens is 1. The molecule has 5 nitrogen and oxygen atoms in total. The Hall–Kier alpha value is -3.15. The average molecular weight is 327 g/mol. The lowest BCUT2D eigenvalue weighted by Gasteiger charge is -2.09. The quantitative estimate of drug-likeness (QED) is 0.782. The molecule has 1 heterocycles. The predicted molar refractivity (Wildman–Crippen MR) is 86.6 cm³/mol. The Bertz CT molecular complexity index is 965. The number of nitrogens with zero attached hydrogens (tertiary/aromatic N) is 1. The van der Waals surface area contributed by atoms with Crippen LogP contribution in [0.25, 0.3) is 10.8 Å². The molecule has 0 saturated heterocycles. The highest BCUT2D eigenvalue weighted by molar-refractivity contribution is 5.83. The van der Waals surface area contributed by atoms with Crippen LogP contribution in [0.1, 0.15) is 5.56 Å². The number of hydrogen-bond acceptors (Lipinski definition) is 3. The van der Waals surface area contributed by atoms with Gasteiger partial charge in [0.05, 0.1) is 0 Å². The molecule has 0 amide bonds. The maximum atomic E-state index is 13.6. The Morgan fingerprint density at radius 1 is 1.17 bits per heavy atom. The first-order valence-corrected chi connectivity index (χ1v) is 7.26. The third-order valence-corrected chi connectivity index (χ3v) is 3.61. The third-order valence-electron chi connectivity index (χ3n) is 3.61. The Kier molecular flexibility index (Phi) is 4.29. The fourth-order valence-electron chi connectivity index (χ4n) is 2.40. The zero-order chi connectivity index (χ0) is 17.1. The number of rotatable bonds is 5. The molecule has 0 spiro atoms. The number of benzene rings is 2. The summed E-state index contributed by atoms with van der Waals surface area (Å²) in [5.74, 6) is -0.919.